The Hall–Kier alpha value is -1.06. The quantitative estimate of drug-likeness (QED) is 0.836. The highest BCUT2D eigenvalue weighted by Crippen LogP contribution is 2.68. The fourth-order valence-electron chi connectivity index (χ4n) is 4.07. The molecule has 2 N–H and O–H groups in total. The van der Waals surface area contributed by atoms with Gasteiger partial charge in [0.15, 0.2) is 0 Å². The molecule has 2 atom stereocenters. The largest absolute Gasteiger partial charge is 0.480 e. The molecule has 0 aromatic carbocycles. The Morgan fingerprint density at radius 2 is 1.70 bits per heavy atom. The van der Waals surface area contributed by atoms with Gasteiger partial charge in [-0.05, 0) is 29.6 Å². The van der Waals surface area contributed by atoms with E-state index in [1.807, 2.05) is 0 Å². The van der Waals surface area contributed by atoms with Crippen LogP contribution >= 0.6 is 0 Å². The molecule has 2 fully saturated rings. The topological polar surface area (TPSA) is 66.4 Å². The van der Waals surface area contributed by atoms with Crippen molar-refractivity contribution in [1.29, 1.82) is 0 Å². The van der Waals surface area contributed by atoms with E-state index in [9.17, 15) is 14.7 Å². The first kappa shape index (κ1) is 15.3. The molecule has 0 spiro atoms. The second-order valence-electron chi connectivity index (χ2n) is 7.95. The van der Waals surface area contributed by atoms with Crippen LogP contribution in [0.3, 0.4) is 0 Å². The summed E-state index contributed by atoms with van der Waals surface area (Å²) in [6, 6.07) is 0. The fraction of sp³-hybridized carbons (Fsp3) is 0.875. The molecule has 2 aliphatic carbocycles. The lowest BCUT2D eigenvalue weighted by Crippen LogP contribution is -2.57. The SMILES string of the molecule is CC1CCCC(NC(=O)C2C(C)(C)C2(C)C)(C(=O)O)C1. The molecule has 2 aliphatic rings. The zero-order valence-electron chi connectivity index (χ0n) is 13.2. The van der Waals surface area contributed by atoms with E-state index in [0.29, 0.717) is 18.8 Å². The average molecular weight is 281 g/mol. The number of carbonyl (C=O) groups is 2. The predicted octanol–water partition coefficient (Wildman–Crippen LogP) is 2.82. The molecule has 114 valence electrons. The Morgan fingerprint density at radius 1 is 1.15 bits per heavy atom. The summed E-state index contributed by atoms with van der Waals surface area (Å²) in [6.07, 6.45) is 3.00. The first-order chi connectivity index (χ1) is 9.04. The summed E-state index contributed by atoms with van der Waals surface area (Å²) in [6.45, 7) is 10.4. The third-order valence-corrected chi connectivity index (χ3v) is 6.05. The van der Waals surface area contributed by atoms with Crippen LogP contribution < -0.4 is 5.32 Å². The lowest BCUT2D eigenvalue weighted by atomic mass is 9.76. The van der Waals surface area contributed by atoms with Gasteiger partial charge in [0.2, 0.25) is 5.91 Å². The fourth-order valence-corrected chi connectivity index (χ4v) is 4.07. The summed E-state index contributed by atoms with van der Waals surface area (Å²) < 4.78 is 0. The van der Waals surface area contributed by atoms with Gasteiger partial charge in [0.1, 0.15) is 5.54 Å². The van der Waals surface area contributed by atoms with Gasteiger partial charge in [-0.15, -0.1) is 0 Å². The van der Waals surface area contributed by atoms with E-state index in [4.69, 9.17) is 0 Å². The van der Waals surface area contributed by atoms with Crippen LogP contribution in [0.25, 0.3) is 0 Å². The molecule has 0 bridgehead atoms. The standard InChI is InChI=1S/C16H27NO3/c1-10-7-6-8-16(9-10,13(19)20)17-12(18)11-14(2,3)15(11,4)5/h10-11H,6-9H2,1-5H3,(H,17,18)(H,19,20). The van der Waals surface area contributed by atoms with Crippen LogP contribution in [-0.2, 0) is 9.59 Å². The van der Waals surface area contributed by atoms with Crippen molar-refractivity contribution in [3.63, 3.8) is 0 Å². The van der Waals surface area contributed by atoms with E-state index in [1.54, 1.807) is 0 Å². The highest BCUT2D eigenvalue weighted by Gasteiger charge is 2.68. The monoisotopic (exact) mass is 281 g/mol. The zero-order chi connectivity index (χ0) is 15.3. The highest BCUT2D eigenvalue weighted by molar-refractivity contribution is 5.90. The van der Waals surface area contributed by atoms with Crippen molar-refractivity contribution < 1.29 is 14.7 Å². The Bertz CT molecular complexity index is 427. The van der Waals surface area contributed by atoms with Crippen LogP contribution in [0.1, 0.15) is 60.3 Å². The zero-order valence-corrected chi connectivity index (χ0v) is 13.2. The molecule has 0 aromatic rings. The Labute approximate surface area is 121 Å². The average Bonchev–Trinajstić information content (AvgIpc) is 2.68. The molecule has 1 amide bonds. The summed E-state index contributed by atoms with van der Waals surface area (Å²) in [7, 11) is 0. The molecule has 0 aromatic heterocycles. The van der Waals surface area contributed by atoms with Gasteiger partial charge in [-0.25, -0.2) is 4.79 Å². The van der Waals surface area contributed by atoms with E-state index < -0.39 is 11.5 Å². The van der Waals surface area contributed by atoms with Gasteiger partial charge >= 0.3 is 5.97 Å². The molecule has 2 rings (SSSR count). The van der Waals surface area contributed by atoms with Crippen LogP contribution in [0.5, 0.6) is 0 Å². The summed E-state index contributed by atoms with van der Waals surface area (Å²) in [5.74, 6) is -0.714. The lowest BCUT2D eigenvalue weighted by Gasteiger charge is -2.37. The lowest BCUT2D eigenvalue weighted by molar-refractivity contribution is -0.150. The molecule has 4 heteroatoms. The Balaban J connectivity index is 2.15. The van der Waals surface area contributed by atoms with Gasteiger partial charge in [0, 0.05) is 5.92 Å². The summed E-state index contributed by atoms with van der Waals surface area (Å²) >= 11 is 0. The number of carbonyl (C=O) groups excluding carboxylic acids is 1. The van der Waals surface area contributed by atoms with Gasteiger partial charge in [-0.3, -0.25) is 4.79 Å². The number of aliphatic carboxylic acids is 1. The minimum absolute atomic E-state index is 0.0585. The molecule has 0 heterocycles. The smallest absolute Gasteiger partial charge is 0.329 e. The summed E-state index contributed by atoms with van der Waals surface area (Å²) in [5.41, 5.74) is -1.17. The molecule has 20 heavy (non-hydrogen) atoms. The number of amides is 1. The maximum atomic E-state index is 12.5. The van der Waals surface area contributed by atoms with Crippen molar-refractivity contribution >= 4 is 11.9 Å². The Kier molecular flexibility index (Phi) is 3.43. The van der Waals surface area contributed by atoms with Gasteiger partial charge in [-0.1, -0.05) is 47.5 Å². The summed E-state index contributed by atoms with van der Waals surface area (Å²) in [4.78, 5) is 24.3. The van der Waals surface area contributed by atoms with Crippen molar-refractivity contribution in [1.82, 2.24) is 5.32 Å². The van der Waals surface area contributed by atoms with Gasteiger partial charge in [-0.2, -0.15) is 0 Å². The van der Waals surface area contributed by atoms with Crippen molar-refractivity contribution in [2.75, 3.05) is 0 Å². The van der Waals surface area contributed by atoms with E-state index in [2.05, 4.69) is 39.9 Å². The first-order valence-corrected chi connectivity index (χ1v) is 7.60. The van der Waals surface area contributed by atoms with Crippen molar-refractivity contribution in [2.45, 2.75) is 65.8 Å². The van der Waals surface area contributed by atoms with E-state index in [0.717, 1.165) is 12.8 Å². The third kappa shape index (κ3) is 2.13. The maximum absolute atomic E-state index is 12.5. The molecule has 0 saturated heterocycles. The minimum atomic E-state index is -1.05. The number of hydrogen-bond donors (Lipinski definition) is 2. The molecule has 0 radical (unpaired) electrons. The van der Waals surface area contributed by atoms with E-state index in [1.165, 1.54) is 0 Å². The third-order valence-electron chi connectivity index (χ3n) is 6.05. The maximum Gasteiger partial charge on any atom is 0.329 e. The van der Waals surface area contributed by atoms with E-state index >= 15 is 0 Å². The minimum Gasteiger partial charge on any atom is -0.480 e. The number of carboxylic acid groups (broad SMARTS) is 1. The number of rotatable bonds is 3. The molecule has 4 nitrogen and oxygen atoms in total. The molecular formula is C16H27NO3. The molecule has 2 unspecified atom stereocenters. The van der Waals surface area contributed by atoms with Crippen molar-refractivity contribution in [2.24, 2.45) is 22.7 Å². The molecule has 0 aliphatic heterocycles. The number of hydrogen-bond acceptors (Lipinski definition) is 2. The summed E-state index contributed by atoms with van der Waals surface area (Å²) in [5, 5.41) is 12.5. The van der Waals surface area contributed by atoms with Gasteiger partial charge < -0.3 is 10.4 Å². The van der Waals surface area contributed by atoms with Crippen LogP contribution in [-0.4, -0.2) is 22.5 Å². The van der Waals surface area contributed by atoms with Crippen LogP contribution in [0.15, 0.2) is 0 Å². The van der Waals surface area contributed by atoms with Crippen molar-refractivity contribution in [3.8, 4) is 0 Å². The van der Waals surface area contributed by atoms with Gasteiger partial charge in [0.25, 0.3) is 0 Å². The normalized spacial score (nSPS) is 35.4. The van der Waals surface area contributed by atoms with Crippen LogP contribution in [0.2, 0.25) is 0 Å². The molecular weight excluding hydrogens is 254 g/mol. The van der Waals surface area contributed by atoms with Crippen LogP contribution in [0, 0.1) is 22.7 Å². The Morgan fingerprint density at radius 3 is 2.10 bits per heavy atom. The molecule has 2 saturated carbocycles. The second-order valence-corrected chi connectivity index (χ2v) is 7.95. The number of carboxylic acids is 1. The second kappa shape index (κ2) is 4.47. The first-order valence-electron chi connectivity index (χ1n) is 7.60. The highest BCUT2D eigenvalue weighted by atomic mass is 16.4. The van der Waals surface area contributed by atoms with Gasteiger partial charge in [0.05, 0.1) is 0 Å². The van der Waals surface area contributed by atoms with Crippen LogP contribution in [0.4, 0.5) is 0 Å². The number of nitrogens with one attached hydrogen (secondary N) is 1. The predicted molar refractivity (Wildman–Crippen MR) is 77.2 cm³/mol. The van der Waals surface area contributed by atoms with Crippen molar-refractivity contribution in [3.05, 3.63) is 0 Å². The van der Waals surface area contributed by atoms with E-state index in [-0.39, 0.29) is 22.7 Å².